The van der Waals surface area contributed by atoms with Crippen molar-refractivity contribution in [1.82, 2.24) is 10.6 Å². The Hall–Kier alpha value is -2.27. The van der Waals surface area contributed by atoms with Crippen LogP contribution in [-0.2, 0) is 4.79 Å². The summed E-state index contributed by atoms with van der Waals surface area (Å²) in [7, 11) is 0. The molecule has 0 atom stereocenters. The van der Waals surface area contributed by atoms with Crippen molar-refractivity contribution in [3.8, 4) is 11.1 Å². The number of hydrogen-bond donors (Lipinski definition) is 2. The van der Waals surface area contributed by atoms with Crippen LogP contribution in [0.2, 0.25) is 0 Å². The Bertz CT molecular complexity index is 692. The van der Waals surface area contributed by atoms with Gasteiger partial charge in [0, 0.05) is 10.4 Å². The molecule has 5 heteroatoms. The summed E-state index contributed by atoms with van der Waals surface area (Å²) >= 11 is 1.40. The summed E-state index contributed by atoms with van der Waals surface area (Å²) in [6.45, 7) is 5.58. The number of thioether (sulfide) groups is 1. The van der Waals surface area contributed by atoms with Crippen molar-refractivity contribution in [1.29, 1.82) is 0 Å². The summed E-state index contributed by atoms with van der Waals surface area (Å²) in [5.41, 5.74) is 1.92. The van der Waals surface area contributed by atoms with E-state index in [0.717, 1.165) is 16.0 Å². The van der Waals surface area contributed by atoms with Crippen molar-refractivity contribution in [2.75, 3.05) is 5.75 Å². The molecule has 2 aromatic rings. The van der Waals surface area contributed by atoms with Crippen molar-refractivity contribution >= 4 is 23.7 Å². The molecule has 0 saturated carbocycles. The van der Waals surface area contributed by atoms with E-state index in [0.29, 0.717) is 0 Å². The standard InChI is InChI=1S/C19H22N2O2S/c1-19(2,3)21-18(23)20-17(22)13-24-16-11-9-15(10-12-16)14-7-5-4-6-8-14/h4-12H,13H2,1-3H3,(H2,20,21,22,23). The molecule has 126 valence electrons. The fraction of sp³-hybridized carbons (Fsp3) is 0.263. The number of nitrogens with one attached hydrogen (secondary N) is 2. The molecule has 0 spiro atoms. The maximum absolute atomic E-state index is 11.8. The third-order valence-corrected chi connectivity index (χ3v) is 4.08. The number of imide groups is 1. The molecular formula is C19H22N2O2S. The van der Waals surface area contributed by atoms with Gasteiger partial charge in [0.05, 0.1) is 5.75 Å². The van der Waals surface area contributed by atoms with Crippen LogP contribution in [0.4, 0.5) is 4.79 Å². The first-order valence-corrected chi connectivity index (χ1v) is 8.72. The van der Waals surface area contributed by atoms with Crippen LogP contribution in [0.3, 0.4) is 0 Å². The molecule has 0 bridgehead atoms. The zero-order valence-corrected chi connectivity index (χ0v) is 14.9. The van der Waals surface area contributed by atoms with Gasteiger partial charge in [-0.25, -0.2) is 4.79 Å². The molecule has 2 rings (SSSR count). The summed E-state index contributed by atoms with van der Waals surface area (Å²) in [5.74, 6) is -0.115. The van der Waals surface area contributed by atoms with Crippen molar-refractivity contribution in [3.63, 3.8) is 0 Å². The average Bonchev–Trinajstić information content (AvgIpc) is 2.52. The smallest absolute Gasteiger partial charge is 0.321 e. The van der Waals surface area contributed by atoms with Crippen LogP contribution < -0.4 is 10.6 Å². The maximum Gasteiger partial charge on any atom is 0.321 e. The number of amides is 3. The third-order valence-electron chi connectivity index (χ3n) is 3.07. The lowest BCUT2D eigenvalue weighted by Crippen LogP contribution is -2.48. The van der Waals surface area contributed by atoms with Crippen LogP contribution in [0.5, 0.6) is 0 Å². The van der Waals surface area contributed by atoms with Gasteiger partial charge in [0.2, 0.25) is 5.91 Å². The zero-order chi connectivity index (χ0) is 17.6. The van der Waals surface area contributed by atoms with Crippen molar-refractivity contribution < 1.29 is 9.59 Å². The summed E-state index contributed by atoms with van der Waals surface area (Å²) in [5, 5.41) is 5.03. The Labute approximate surface area is 147 Å². The van der Waals surface area contributed by atoms with Gasteiger partial charge < -0.3 is 5.32 Å². The highest BCUT2D eigenvalue weighted by Gasteiger charge is 2.15. The predicted molar refractivity (Wildman–Crippen MR) is 99.0 cm³/mol. The van der Waals surface area contributed by atoms with E-state index in [-0.39, 0.29) is 17.2 Å². The van der Waals surface area contributed by atoms with E-state index in [1.165, 1.54) is 11.8 Å². The van der Waals surface area contributed by atoms with Crippen LogP contribution >= 0.6 is 11.8 Å². The highest BCUT2D eigenvalue weighted by Crippen LogP contribution is 2.23. The molecule has 0 aliphatic rings. The number of rotatable bonds is 4. The summed E-state index contributed by atoms with van der Waals surface area (Å²) in [4.78, 5) is 24.4. The lowest BCUT2D eigenvalue weighted by molar-refractivity contribution is -0.117. The van der Waals surface area contributed by atoms with Gasteiger partial charge in [-0.1, -0.05) is 42.5 Å². The minimum atomic E-state index is -0.465. The van der Waals surface area contributed by atoms with Gasteiger partial charge in [-0.3, -0.25) is 10.1 Å². The van der Waals surface area contributed by atoms with E-state index < -0.39 is 6.03 Å². The lowest BCUT2D eigenvalue weighted by Gasteiger charge is -2.20. The molecule has 0 aliphatic carbocycles. The second-order valence-corrected chi connectivity index (χ2v) is 7.48. The minimum absolute atomic E-state index is 0.197. The largest absolute Gasteiger partial charge is 0.333 e. The van der Waals surface area contributed by atoms with Crippen LogP contribution in [0, 0.1) is 0 Å². The first-order chi connectivity index (χ1) is 11.3. The van der Waals surface area contributed by atoms with Gasteiger partial charge in [-0.05, 0) is 44.0 Å². The number of benzene rings is 2. The van der Waals surface area contributed by atoms with Gasteiger partial charge >= 0.3 is 6.03 Å². The molecule has 0 aliphatic heterocycles. The monoisotopic (exact) mass is 342 g/mol. The van der Waals surface area contributed by atoms with Gasteiger partial charge in [-0.15, -0.1) is 11.8 Å². The molecule has 2 N–H and O–H groups in total. The van der Waals surface area contributed by atoms with E-state index in [9.17, 15) is 9.59 Å². The SMILES string of the molecule is CC(C)(C)NC(=O)NC(=O)CSc1ccc(-c2ccccc2)cc1. The number of hydrogen-bond acceptors (Lipinski definition) is 3. The Morgan fingerprint density at radius 3 is 2.08 bits per heavy atom. The second-order valence-electron chi connectivity index (χ2n) is 6.43. The Kier molecular flexibility index (Phi) is 6.04. The minimum Gasteiger partial charge on any atom is -0.333 e. The van der Waals surface area contributed by atoms with E-state index in [1.807, 2.05) is 63.2 Å². The number of urea groups is 1. The Morgan fingerprint density at radius 1 is 0.917 bits per heavy atom. The van der Waals surface area contributed by atoms with Crippen LogP contribution in [0.15, 0.2) is 59.5 Å². The van der Waals surface area contributed by atoms with Crippen LogP contribution in [0.1, 0.15) is 20.8 Å². The molecule has 24 heavy (non-hydrogen) atoms. The first-order valence-electron chi connectivity index (χ1n) is 7.74. The van der Waals surface area contributed by atoms with Gasteiger partial charge in [0.1, 0.15) is 0 Å². The molecule has 0 aromatic heterocycles. The quantitative estimate of drug-likeness (QED) is 0.824. The average molecular weight is 342 g/mol. The Morgan fingerprint density at radius 2 is 1.50 bits per heavy atom. The molecule has 0 unspecified atom stereocenters. The summed E-state index contributed by atoms with van der Waals surface area (Å²) in [6, 6.07) is 17.7. The molecule has 0 radical (unpaired) electrons. The van der Waals surface area contributed by atoms with Gasteiger partial charge in [-0.2, -0.15) is 0 Å². The van der Waals surface area contributed by atoms with E-state index in [2.05, 4.69) is 22.8 Å². The van der Waals surface area contributed by atoms with Crippen molar-refractivity contribution in [3.05, 3.63) is 54.6 Å². The third kappa shape index (κ3) is 6.08. The van der Waals surface area contributed by atoms with Crippen LogP contribution in [-0.4, -0.2) is 23.2 Å². The molecule has 0 fully saturated rings. The maximum atomic E-state index is 11.8. The van der Waals surface area contributed by atoms with E-state index >= 15 is 0 Å². The van der Waals surface area contributed by atoms with Gasteiger partial charge in [0.15, 0.2) is 0 Å². The normalized spacial score (nSPS) is 11.0. The van der Waals surface area contributed by atoms with E-state index in [4.69, 9.17) is 0 Å². The van der Waals surface area contributed by atoms with Crippen molar-refractivity contribution in [2.24, 2.45) is 0 Å². The number of carbonyl (C=O) groups is 2. The highest BCUT2D eigenvalue weighted by atomic mass is 32.2. The van der Waals surface area contributed by atoms with Crippen LogP contribution in [0.25, 0.3) is 11.1 Å². The van der Waals surface area contributed by atoms with E-state index in [1.54, 1.807) is 0 Å². The van der Waals surface area contributed by atoms with Crippen molar-refractivity contribution in [2.45, 2.75) is 31.2 Å². The molecule has 3 amide bonds. The van der Waals surface area contributed by atoms with Gasteiger partial charge in [0.25, 0.3) is 0 Å². The summed E-state index contributed by atoms with van der Waals surface area (Å²) < 4.78 is 0. The Balaban J connectivity index is 1.84. The fourth-order valence-corrected chi connectivity index (χ4v) is 2.76. The molecular weight excluding hydrogens is 320 g/mol. The zero-order valence-electron chi connectivity index (χ0n) is 14.1. The lowest BCUT2D eigenvalue weighted by atomic mass is 10.1. The predicted octanol–water partition coefficient (Wildman–Crippen LogP) is 4.07. The molecule has 2 aromatic carbocycles. The topological polar surface area (TPSA) is 58.2 Å². The summed E-state index contributed by atoms with van der Waals surface area (Å²) in [6.07, 6.45) is 0. The molecule has 0 saturated heterocycles. The molecule has 4 nitrogen and oxygen atoms in total. The second kappa shape index (κ2) is 8.02. The molecule has 0 heterocycles. The first kappa shape index (κ1) is 18.1. The highest BCUT2D eigenvalue weighted by molar-refractivity contribution is 8.00. The fourth-order valence-electron chi connectivity index (χ4n) is 2.06. The number of carbonyl (C=O) groups excluding carboxylic acids is 2.